The van der Waals surface area contributed by atoms with E-state index in [1.807, 2.05) is 60.7 Å². The minimum absolute atomic E-state index is 0.353. The van der Waals surface area contributed by atoms with E-state index in [-0.39, 0.29) is 0 Å². The summed E-state index contributed by atoms with van der Waals surface area (Å²) < 4.78 is 16.3. The number of nitrogens with zero attached hydrogens (tertiary/aromatic N) is 1. The molecule has 1 aliphatic rings. The van der Waals surface area contributed by atoms with Gasteiger partial charge in [-0.15, -0.1) is 0 Å². The third-order valence-corrected chi connectivity index (χ3v) is 7.60. The molecule has 1 aliphatic heterocycles. The highest BCUT2D eigenvalue weighted by Crippen LogP contribution is 2.52. The van der Waals surface area contributed by atoms with E-state index in [1.54, 1.807) is 0 Å². The van der Waals surface area contributed by atoms with Crippen molar-refractivity contribution in [3.05, 3.63) is 60.7 Å². The molecule has 1 heterocycles. The van der Waals surface area contributed by atoms with Crippen molar-refractivity contribution >= 4 is 17.9 Å². The Hall–Kier alpha value is -1.37. The van der Waals surface area contributed by atoms with Crippen LogP contribution in [0.3, 0.4) is 0 Å². The molecule has 0 aromatic heterocycles. The monoisotopic (exact) mass is 299 g/mol. The fraction of sp³-hybridized carbons (Fsp3) is 0.333. The first-order valence-electron chi connectivity index (χ1n) is 7.61. The highest BCUT2D eigenvalue weighted by molar-refractivity contribution is 7.76. The predicted octanol–water partition coefficient (Wildman–Crippen LogP) is 3.65. The third kappa shape index (κ3) is 2.59. The van der Waals surface area contributed by atoms with E-state index in [4.69, 9.17) is 0 Å². The van der Waals surface area contributed by atoms with Crippen LogP contribution in [0.5, 0.6) is 0 Å². The molecule has 0 amide bonds. The number of rotatable bonds is 3. The normalized spacial score (nSPS) is 23.3. The molecule has 0 spiro atoms. The SMILES string of the molecule is C[C@@H]1C[C@H](C)N(P(=O)(c2ccccc2)c2ccccc2)C1. The van der Waals surface area contributed by atoms with Crippen LogP contribution < -0.4 is 10.6 Å². The summed E-state index contributed by atoms with van der Waals surface area (Å²) in [6, 6.07) is 20.3. The van der Waals surface area contributed by atoms with Gasteiger partial charge in [-0.2, -0.15) is 0 Å². The Morgan fingerprint density at radius 3 is 1.76 bits per heavy atom. The summed E-state index contributed by atoms with van der Waals surface area (Å²) in [6.07, 6.45) is 1.11. The second-order valence-corrected chi connectivity index (χ2v) is 8.76. The number of hydrogen-bond acceptors (Lipinski definition) is 1. The largest absolute Gasteiger partial charge is 0.296 e. The van der Waals surface area contributed by atoms with E-state index >= 15 is 0 Å². The molecule has 0 saturated carbocycles. The zero-order valence-corrected chi connectivity index (χ0v) is 13.5. The molecule has 2 aromatic rings. The molecule has 0 unspecified atom stereocenters. The zero-order valence-electron chi connectivity index (χ0n) is 12.6. The van der Waals surface area contributed by atoms with Crippen molar-refractivity contribution in [2.75, 3.05) is 6.54 Å². The molecule has 0 aliphatic carbocycles. The van der Waals surface area contributed by atoms with E-state index in [0.717, 1.165) is 23.6 Å². The summed E-state index contributed by atoms with van der Waals surface area (Å²) in [5, 5.41) is 1.88. The van der Waals surface area contributed by atoms with Crippen LogP contribution in [0.15, 0.2) is 60.7 Å². The zero-order chi connectivity index (χ0) is 14.9. The Morgan fingerprint density at radius 1 is 0.905 bits per heavy atom. The van der Waals surface area contributed by atoms with Crippen LogP contribution in [0.25, 0.3) is 0 Å². The summed E-state index contributed by atoms with van der Waals surface area (Å²) in [5.41, 5.74) is 0. The van der Waals surface area contributed by atoms with Gasteiger partial charge in [0.25, 0.3) is 0 Å². The summed E-state index contributed by atoms with van der Waals surface area (Å²) >= 11 is 0. The van der Waals surface area contributed by atoms with Gasteiger partial charge in [-0.3, -0.25) is 4.57 Å². The second kappa shape index (κ2) is 5.79. The van der Waals surface area contributed by atoms with Crippen LogP contribution in [0, 0.1) is 5.92 Å². The van der Waals surface area contributed by atoms with Crippen LogP contribution in [0.4, 0.5) is 0 Å². The molecule has 3 heteroatoms. The van der Waals surface area contributed by atoms with Gasteiger partial charge in [0.15, 0.2) is 0 Å². The number of hydrogen-bond donors (Lipinski definition) is 0. The lowest BCUT2D eigenvalue weighted by atomic mass is 10.1. The Bertz CT molecular complexity index is 597. The maximum absolute atomic E-state index is 14.1. The first kappa shape index (κ1) is 14.6. The summed E-state index contributed by atoms with van der Waals surface area (Å²) in [5.74, 6) is 0.598. The van der Waals surface area contributed by atoms with Gasteiger partial charge in [0.2, 0.25) is 7.29 Å². The van der Waals surface area contributed by atoms with Crippen molar-refractivity contribution in [2.24, 2.45) is 5.92 Å². The molecule has 2 atom stereocenters. The van der Waals surface area contributed by atoms with Crippen LogP contribution >= 0.6 is 7.29 Å². The van der Waals surface area contributed by atoms with Crippen molar-refractivity contribution in [2.45, 2.75) is 26.3 Å². The van der Waals surface area contributed by atoms with Gasteiger partial charge >= 0.3 is 0 Å². The van der Waals surface area contributed by atoms with Gasteiger partial charge in [0, 0.05) is 23.2 Å². The minimum atomic E-state index is -2.73. The molecule has 110 valence electrons. The van der Waals surface area contributed by atoms with Gasteiger partial charge < -0.3 is 0 Å². The molecule has 0 radical (unpaired) electrons. The summed E-state index contributed by atoms with van der Waals surface area (Å²) in [7, 11) is -2.73. The van der Waals surface area contributed by atoms with Crippen LogP contribution in [-0.2, 0) is 4.57 Å². The van der Waals surface area contributed by atoms with Crippen molar-refractivity contribution in [3.8, 4) is 0 Å². The molecule has 0 bridgehead atoms. The molecular weight excluding hydrogens is 277 g/mol. The number of benzene rings is 2. The van der Waals surface area contributed by atoms with Gasteiger partial charge in [0.05, 0.1) is 0 Å². The molecule has 2 nitrogen and oxygen atoms in total. The highest BCUT2D eigenvalue weighted by Gasteiger charge is 2.41. The minimum Gasteiger partial charge on any atom is -0.296 e. The molecule has 0 N–H and O–H groups in total. The lowest BCUT2D eigenvalue weighted by Gasteiger charge is -2.32. The Morgan fingerprint density at radius 2 is 1.38 bits per heavy atom. The van der Waals surface area contributed by atoms with E-state index in [9.17, 15) is 4.57 Å². The van der Waals surface area contributed by atoms with Crippen LogP contribution in [0.2, 0.25) is 0 Å². The molecular formula is C18H22NOP. The standard InChI is InChI=1S/C18H22NOP/c1-15-13-16(2)19(14-15)21(20,17-9-5-3-6-10-17)18-11-7-4-8-12-18/h3-12,15-16H,13-14H2,1-2H3/t15-,16+/m1/s1. The van der Waals surface area contributed by atoms with Crippen molar-refractivity contribution < 1.29 is 4.57 Å². The second-order valence-electron chi connectivity index (χ2n) is 6.06. The predicted molar refractivity (Wildman–Crippen MR) is 89.7 cm³/mol. The van der Waals surface area contributed by atoms with E-state index in [1.165, 1.54) is 0 Å². The van der Waals surface area contributed by atoms with E-state index < -0.39 is 7.29 Å². The summed E-state index contributed by atoms with van der Waals surface area (Å²) in [6.45, 7) is 5.35. The maximum atomic E-state index is 14.1. The van der Waals surface area contributed by atoms with Gasteiger partial charge in [-0.1, -0.05) is 43.3 Å². The first-order chi connectivity index (χ1) is 10.1. The van der Waals surface area contributed by atoms with Gasteiger partial charge in [-0.25, -0.2) is 4.67 Å². The van der Waals surface area contributed by atoms with Crippen LogP contribution in [-0.4, -0.2) is 17.3 Å². The first-order valence-corrected chi connectivity index (χ1v) is 9.26. The topological polar surface area (TPSA) is 20.3 Å². The molecule has 21 heavy (non-hydrogen) atoms. The Balaban J connectivity index is 2.14. The molecule has 3 rings (SSSR count). The van der Waals surface area contributed by atoms with Crippen molar-refractivity contribution in [1.82, 2.24) is 4.67 Å². The van der Waals surface area contributed by atoms with Crippen molar-refractivity contribution in [1.29, 1.82) is 0 Å². The Kier molecular flexibility index (Phi) is 4.01. The highest BCUT2D eigenvalue weighted by atomic mass is 31.2. The smallest absolute Gasteiger partial charge is 0.207 e. The molecule has 1 saturated heterocycles. The average molecular weight is 299 g/mol. The lowest BCUT2D eigenvalue weighted by Crippen LogP contribution is -2.34. The van der Waals surface area contributed by atoms with Gasteiger partial charge in [0.1, 0.15) is 0 Å². The third-order valence-electron chi connectivity index (χ3n) is 4.33. The van der Waals surface area contributed by atoms with Gasteiger partial charge in [-0.05, 0) is 43.5 Å². The molecule has 1 fully saturated rings. The summed E-state index contributed by atoms with van der Waals surface area (Å²) in [4.78, 5) is 0. The fourth-order valence-electron chi connectivity index (χ4n) is 3.38. The van der Waals surface area contributed by atoms with Crippen LogP contribution in [0.1, 0.15) is 20.3 Å². The molecule has 2 aromatic carbocycles. The van der Waals surface area contributed by atoms with Crippen molar-refractivity contribution in [3.63, 3.8) is 0 Å². The Labute approximate surface area is 127 Å². The quantitative estimate of drug-likeness (QED) is 0.806. The van der Waals surface area contributed by atoms with E-state index in [0.29, 0.717) is 12.0 Å². The average Bonchev–Trinajstić information content (AvgIpc) is 2.87. The lowest BCUT2D eigenvalue weighted by molar-refractivity contribution is 0.416. The van der Waals surface area contributed by atoms with E-state index in [2.05, 4.69) is 18.5 Å². The fourth-order valence-corrected chi connectivity index (χ4v) is 6.58. The maximum Gasteiger partial charge on any atom is 0.207 e.